The summed E-state index contributed by atoms with van der Waals surface area (Å²) in [5.41, 5.74) is 9.59. The molecule has 1 aliphatic rings. The summed E-state index contributed by atoms with van der Waals surface area (Å²) in [6.07, 6.45) is 3.90. The van der Waals surface area contributed by atoms with Gasteiger partial charge in [-0.05, 0) is 39.7 Å². The van der Waals surface area contributed by atoms with Crippen molar-refractivity contribution in [2.24, 2.45) is 10.7 Å². The molecule has 0 aromatic carbocycles. The van der Waals surface area contributed by atoms with E-state index < -0.39 is 0 Å². The lowest BCUT2D eigenvalue weighted by Gasteiger charge is -2.31. The second-order valence-electron chi connectivity index (χ2n) is 5.86. The summed E-state index contributed by atoms with van der Waals surface area (Å²) < 4.78 is 0. The molecule has 3 heteroatoms. The highest BCUT2D eigenvalue weighted by Gasteiger charge is 2.20. The minimum atomic E-state index is -0.0883. The Balaban J connectivity index is 2.68. The first-order valence-corrected chi connectivity index (χ1v) is 6.71. The maximum absolute atomic E-state index is 6.04. The lowest BCUT2D eigenvalue weighted by Crippen LogP contribution is -2.39. The van der Waals surface area contributed by atoms with Crippen LogP contribution in [0.15, 0.2) is 28.4 Å². The van der Waals surface area contributed by atoms with Crippen LogP contribution in [0.4, 0.5) is 0 Å². The van der Waals surface area contributed by atoms with Crippen molar-refractivity contribution >= 4 is 6.21 Å². The van der Waals surface area contributed by atoms with Gasteiger partial charge < -0.3 is 5.73 Å². The van der Waals surface area contributed by atoms with Gasteiger partial charge in [-0.25, -0.2) is 0 Å². The van der Waals surface area contributed by atoms with Crippen molar-refractivity contribution in [3.8, 4) is 0 Å². The molecule has 0 radical (unpaired) electrons. The summed E-state index contributed by atoms with van der Waals surface area (Å²) in [7, 11) is 0. The first kappa shape index (κ1) is 15.1. The average molecular weight is 249 g/mol. The number of hydrogen-bond donors (Lipinski definition) is 1. The Labute approximate surface area is 111 Å². The molecule has 2 N–H and O–H groups in total. The molecular formula is C15H27N3. The minimum absolute atomic E-state index is 0.0883. The smallest absolute Gasteiger partial charge is 0.0459 e. The Hall–Kier alpha value is -0.930. The fourth-order valence-corrected chi connectivity index (χ4v) is 2.13. The van der Waals surface area contributed by atoms with Gasteiger partial charge in [-0.3, -0.25) is 9.89 Å². The molecule has 18 heavy (non-hydrogen) atoms. The molecule has 0 aromatic rings. The summed E-state index contributed by atoms with van der Waals surface area (Å²) in [5, 5.41) is 0. The maximum atomic E-state index is 6.04. The predicted molar refractivity (Wildman–Crippen MR) is 79.9 cm³/mol. The quantitative estimate of drug-likeness (QED) is 0.761. The predicted octanol–water partition coefficient (Wildman–Crippen LogP) is 2.74. The van der Waals surface area contributed by atoms with E-state index in [0.29, 0.717) is 0 Å². The van der Waals surface area contributed by atoms with Crippen molar-refractivity contribution in [2.75, 3.05) is 19.6 Å². The van der Waals surface area contributed by atoms with Gasteiger partial charge in [0.1, 0.15) is 0 Å². The summed E-state index contributed by atoms with van der Waals surface area (Å²) in [5.74, 6) is 0. The van der Waals surface area contributed by atoms with E-state index in [1.165, 1.54) is 11.3 Å². The second kappa shape index (κ2) is 6.30. The van der Waals surface area contributed by atoms with Crippen LogP contribution in [-0.2, 0) is 0 Å². The molecule has 0 unspecified atom stereocenters. The molecule has 102 valence electrons. The Morgan fingerprint density at radius 2 is 2.22 bits per heavy atom. The standard InChI is InChI=1S/C15H27N3/c1-6-17-14-7-9-18(10-8-15(4,5)16)11-13(14)12(2)3/h6H,2,7-11,16H2,1,3-5H3. The van der Waals surface area contributed by atoms with Crippen LogP contribution in [0, 0.1) is 0 Å². The molecule has 0 bridgehead atoms. The summed E-state index contributed by atoms with van der Waals surface area (Å²) in [4.78, 5) is 6.92. The van der Waals surface area contributed by atoms with Crippen LogP contribution in [-0.4, -0.2) is 36.3 Å². The SMILES string of the molecule is C=C(C)C1=C(N=CC)CCN(CCC(C)(C)N)C1. The van der Waals surface area contributed by atoms with Crippen molar-refractivity contribution in [3.05, 3.63) is 23.4 Å². The molecule has 1 aliphatic heterocycles. The Morgan fingerprint density at radius 3 is 2.72 bits per heavy atom. The van der Waals surface area contributed by atoms with Crippen molar-refractivity contribution < 1.29 is 0 Å². The highest BCUT2D eigenvalue weighted by Crippen LogP contribution is 2.24. The summed E-state index contributed by atoms with van der Waals surface area (Å²) >= 11 is 0. The summed E-state index contributed by atoms with van der Waals surface area (Å²) in [6.45, 7) is 15.3. The number of aliphatic imine (C=N–C) groups is 1. The van der Waals surface area contributed by atoms with Gasteiger partial charge in [-0.2, -0.15) is 0 Å². The zero-order valence-corrected chi connectivity index (χ0v) is 12.3. The molecule has 1 rings (SSSR count). The van der Waals surface area contributed by atoms with Gasteiger partial charge in [0.15, 0.2) is 0 Å². The van der Waals surface area contributed by atoms with Gasteiger partial charge in [0, 0.05) is 43.5 Å². The van der Waals surface area contributed by atoms with Crippen LogP contribution in [0.1, 0.15) is 40.5 Å². The largest absolute Gasteiger partial charge is 0.326 e. The molecule has 0 amide bonds. The third-order valence-corrected chi connectivity index (χ3v) is 3.27. The molecule has 0 fully saturated rings. The van der Waals surface area contributed by atoms with E-state index in [0.717, 1.165) is 38.0 Å². The van der Waals surface area contributed by atoms with Crippen LogP contribution >= 0.6 is 0 Å². The van der Waals surface area contributed by atoms with Crippen LogP contribution in [0.3, 0.4) is 0 Å². The third-order valence-electron chi connectivity index (χ3n) is 3.27. The number of nitrogens with zero attached hydrogens (tertiary/aromatic N) is 2. The lowest BCUT2D eigenvalue weighted by atomic mass is 9.98. The van der Waals surface area contributed by atoms with Gasteiger partial charge in [0.2, 0.25) is 0 Å². The zero-order valence-electron chi connectivity index (χ0n) is 12.3. The highest BCUT2D eigenvalue weighted by atomic mass is 15.1. The van der Waals surface area contributed by atoms with E-state index in [9.17, 15) is 0 Å². The van der Waals surface area contributed by atoms with E-state index in [4.69, 9.17) is 5.73 Å². The molecule has 0 saturated carbocycles. The molecule has 0 saturated heterocycles. The maximum Gasteiger partial charge on any atom is 0.0459 e. The number of hydrogen-bond acceptors (Lipinski definition) is 3. The van der Waals surface area contributed by atoms with Gasteiger partial charge in [-0.15, -0.1) is 0 Å². The Kier molecular flexibility index (Phi) is 5.29. The lowest BCUT2D eigenvalue weighted by molar-refractivity contribution is 0.258. The molecular weight excluding hydrogens is 222 g/mol. The molecule has 3 nitrogen and oxygen atoms in total. The van der Waals surface area contributed by atoms with Crippen LogP contribution in [0.2, 0.25) is 0 Å². The van der Waals surface area contributed by atoms with Crippen molar-refractivity contribution in [1.29, 1.82) is 0 Å². The fourth-order valence-electron chi connectivity index (χ4n) is 2.13. The summed E-state index contributed by atoms with van der Waals surface area (Å²) in [6, 6.07) is 0. The monoisotopic (exact) mass is 249 g/mol. The first-order chi connectivity index (χ1) is 8.33. The highest BCUT2D eigenvalue weighted by molar-refractivity contribution is 5.56. The van der Waals surface area contributed by atoms with E-state index in [2.05, 4.69) is 37.2 Å². The normalized spacial score (nSPS) is 18.7. The molecule has 0 atom stereocenters. The van der Waals surface area contributed by atoms with Crippen LogP contribution < -0.4 is 5.73 Å². The second-order valence-corrected chi connectivity index (χ2v) is 5.86. The topological polar surface area (TPSA) is 41.6 Å². The first-order valence-electron chi connectivity index (χ1n) is 6.71. The van der Waals surface area contributed by atoms with Crippen LogP contribution in [0.5, 0.6) is 0 Å². The number of rotatable bonds is 5. The molecule has 0 aromatic heterocycles. The van der Waals surface area contributed by atoms with E-state index >= 15 is 0 Å². The van der Waals surface area contributed by atoms with E-state index in [-0.39, 0.29) is 5.54 Å². The van der Waals surface area contributed by atoms with Gasteiger partial charge in [-0.1, -0.05) is 12.2 Å². The van der Waals surface area contributed by atoms with Gasteiger partial charge in [0.05, 0.1) is 0 Å². The Morgan fingerprint density at radius 1 is 1.56 bits per heavy atom. The van der Waals surface area contributed by atoms with Gasteiger partial charge in [0.25, 0.3) is 0 Å². The number of nitrogens with two attached hydrogens (primary N) is 1. The Bertz CT molecular complexity index is 358. The fraction of sp³-hybridized carbons (Fsp3) is 0.667. The van der Waals surface area contributed by atoms with Crippen molar-refractivity contribution in [2.45, 2.75) is 46.1 Å². The molecule has 0 spiro atoms. The third kappa shape index (κ3) is 4.75. The van der Waals surface area contributed by atoms with Crippen molar-refractivity contribution in [3.63, 3.8) is 0 Å². The zero-order chi connectivity index (χ0) is 13.8. The van der Waals surface area contributed by atoms with E-state index in [1.807, 2.05) is 13.1 Å². The van der Waals surface area contributed by atoms with Crippen LogP contribution in [0.25, 0.3) is 0 Å². The van der Waals surface area contributed by atoms with Gasteiger partial charge >= 0.3 is 0 Å². The molecule has 1 heterocycles. The van der Waals surface area contributed by atoms with E-state index in [1.54, 1.807) is 0 Å². The average Bonchev–Trinajstić information content (AvgIpc) is 2.26. The van der Waals surface area contributed by atoms with Crippen molar-refractivity contribution in [1.82, 2.24) is 4.90 Å². The minimum Gasteiger partial charge on any atom is -0.326 e. The molecule has 0 aliphatic carbocycles.